The van der Waals surface area contributed by atoms with Crippen LogP contribution in [0.15, 0.2) is 0 Å². The van der Waals surface area contributed by atoms with Gasteiger partial charge in [-0.05, 0) is 37.6 Å². The number of hydrogen-bond acceptors (Lipinski definition) is 2. The SMILES string of the molecule is CNC(C1CCOC1)C1CCCC1(C)C. The van der Waals surface area contributed by atoms with Crippen molar-refractivity contribution in [1.29, 1.82) is 0 Å². The van der Waals surface area contributed by atoms with E-state index in [2.05, 4.69) is 26.2 Å². The first-order chi connectivity index (χ1) is 7.15. The van der Waals surface area contributed by atoms with Gasteiger partial charge in [0.05, 0.1) is 6.61 Å². The first kappa shape index (κ1) is 11.4. The molecule has 0 spiro atoms. The van der Waals surface area contributed by atoms with Crippen molar-refractivity contribution < 1.29 is 4.74 Å². The van der Waals surface area contributed by atoms with Gasteiger partial charge in [-0.15, -0.1) is 0 Å². The first-order valence-corrected chi connectivity index (χ1v) is 6.40. The highest BCUT2D eigenvalue weighted by atomic mass is 16.5. The molecule has 2 rings (SSSR count). The lowest BCUT2D eigenvalue weighted by molar-refractivity contribution is 0.133. The summed E-state index contributed by atoms with van der Waals surface area (Å²) in [5.74, 6) is 1.59. The van der Waals surface area contributed by atoms with Crippen LogP contribution in [0.25, 0.3) is 0 Å². The molecule has 2 heteroatoms. The molecule has 1 saturated heterocycles. The van der Waals surface area contributed by atoms with E-state index in [1.54, 1.807) is 0 Å². The predicted molar refractivity (Wildman–Crippen MR) is 62.9 cm³/mol. The van der Waals surface area contributed by atoms with E-state index in [-0.39, 0.29) is 0 Å². The molecular formula is C13H25NO. The summed E-state index contributed by atoms with van der Waals surface area (Å²) in [4.78, 5) is 0. The van der Waals surface area contributed by atoms with Crippen LogP contribution in [0.4, 0.5) is 0 Å². The highest BCUT2D eigenvalue weighted by Crippen LogP contribution is 2.46. The Hall–Kier alpha value is -0.0800. The Labute approximate surface area is 93.8 Å². The summed E-state index contributed by atoms with van der Waals surface area (Å²) in [5, 5.41) is 3.56. The Kier molecular flexibility index (Phi) is 3.36. The van der Waals surface area contributed by atoms with Crippen molar-refractivity contribution in [2.45, 2.75) is 45.6 Å². The van der Waals surface area contributed by atoms with Gasteiger partial charge in [-0.1, -0.05) is 20.3 Å². The Morgan fingerprint density at radius 1 is 1.33 bits per heavy atom. The van der Waals surface area contributed by atoms with E-state index in [4.69, 9.17) is 4.74 Å². The average Bonchev–Trinajstić information content (AvgIpc) is 2.78. The van der Waals surface area contributed by atoms with Crippen LogP contribution in [0.5, 0.6) is 0 Å². The fourth-order valence-electron chi connectivity index (χ4n) is 3.62. The zero-order valence-electron chi connectivity index (χ0n) is 10.4. The molecule has 1 N–H and O–H groups in total. The van der Waals surface area contributed by atoms with E-state index >= 15 is 0 Å². The molecule has 0 aromatic rings. The van der Waals surface area contributed by atoms with Crippen molar-refractivity contribution in [2.24, 2.45) is 17.3 Å². The Balaban J connectivity index is 2.05. The number of hydrogen-bond donors (Lipinski definition) is 1. The fraction of sp³-hybridized carbons (Fsp3) is 1.00. The molecule has 3 unspecified atom stereocenters. The molecule has 2 aliphatic rings. The molecule has 0 amide bonds. The second kappa shape index (κ2) is 4.42. The van der Waals surface area contributed by atoms with Crippen LogP contribution in [0.2, 0.25) is 0 Å². The van der Waals surface area contributed by atoms with Crippen molar-refractivity contribution in [1.82, 2.24) is 5.32 Å². The highest BCUT2D eigenvalue weighted by molar-refractivity contribution is 4.95. The van der Waals surface area contributed by atoms with Gasteiger partial charge >= 0.3 is 0 Å². The molecule has 0 bridgehead atoms. The van der Waals surface area contributed by atoms with Crippen molar-refractivity contribution >= 4 is 0 Å². The predicted octanol–water partition coefficient (Wildman–Crippen LogP) is 2.44. The molecule has 1 aliphatic carbocycles. The van der Waals surface area contributed by atoms with Gasteiger partial charge in [0.1, 0.15) is 0 Å². The molecule has 1 heterocycles. The second-order valence-corrected chi connectivity index (χ2v) is 5.93. The molecule has 1 aliphatic heterocycles. The summed E-state index contributed by atoms with van der Waals surface area (Å²) >= 11 is 0. The van der Waals surface area contributed by atoms with Gasteiger partial charge in [-0.2, -0.15) is 0 Å². The Bertz CT molecular complexity index is 209. The third kappa shape index (κ3) is 2.21. The lowest BCUT2D eigenvalue weighted by atomic mass is 9.73. The van der Waals surface area contributed by atoms with Crippen LogP contribution in [-0.4, -0.2) is 26.3 Å². The minimum atomic E-state index is 0.524. The van der Waals surface area contributed by atoms with Crippen LogP contribution < -0.4 is 5.32 Å². The molecule has 2 nitrogen and oxygen atoms in total. The van der Waals surface area contributed by atoms with Gasteiger partial charge in [0.2, 0.25) is 0 Å². The summed E-state index contributed by atoms with van der Waals surface area (Å²) in [7, 11) is 2.12. The maximum absolute atomic E-state index is 5.53. The lowest BCUT2D eigenvalue weighted by Gasteiger charge is -2.37. The molecule has 2 fully saturated rings. The van der Waals surface area contributed by atoms with Crippen LogP contribution in [0.1, 0.15) is 39.5 Å². The third-order valence-electron chi connectivity index (χ3n) is 4.58. The summed E-state index contributed by atoms with van der Waals surface area (Å²) < 4.78 is 5.53. The van der Waals surface area contributed by atoms with Crippen molar-refractivity contribution in [3.63, 3.8) is 0 Å². The number of ether oxygens (including phenoxy) is 1. The van der Waals surface area contributed by atoms with Gasteiger partial charge < -0.3 is 10.1 Å². The van der Waals surface area contributed by atoms with E-state index in [1.807, 2.05) is 0 Å². The van der Waals surface area contributed by atoms with E-state index in [1.165, 1.54) is 25.7 Å². The largest absolute Gasteiger partial charge is 0.381 e. The maximum atomic E-state index is 5.53. The summed E-state index contributed by atoms with van der Waals surface area (Å²) in [6, 6.07) is 0.671. The molecular weight excluding hydrogens is 186 g/mol. The van der Waals surface area contributed by atoms with E-state index in [9.17, 15) is 0 Å². The van der Waals surface area contributed by atoms with Gasteiger partial charge in [0.25, 0.3) is 0 Å². The van der Waals surface area contributed by atoms with Crippen molar-refractivity contribution in [2.75, 3.05) is 20.3 Å². The molecule has 0 aromatic carbocycles. The van der Waals surface area contributed by atoms with E-state index in [0.717, 1.165) is 25.0 Å². The average molecular weight is 211 g/mol. The van der Waals surface area contributed by atoms with Crippen LogP contribution >= 0.6 is 0 Å². The molecule has 88 valence electrons. The van der Waals surface area contributed by atoms with Crippen LogP contribution in [0.3, 0.4) is 0 Å². The quantitative estimate of drug-likeness (QED) is 0.774. The Morgan fingerprint density at radius 3 is 2.60 bits per heavy atom. The molecule has 1 saturated carbocycles. The van der Waals surface area contributed by atoms with Gasteiger partial charge in [0.15, 0.2) is 0 Å². The maximum Gasteiger partial charge on any atom is 0.0510 e. The number of nitrogens with one attached hydrogen (secondary N) is 1. The van der Waals surface area contributed by atoms with Crippen LogP contribution in [-0.2, 0) is 4.74 Å². The summed E-state index contributed by atoms with van der Waals surface area (Å²) in [5.41, 5.74) is 0.524. The Morgan fingerprint density at radius 2 is 2.13 bits per heavy atom. The smallest absolute Gasteiger partial charge is 0.0510 e. The van der Waals surface area contributed by atoms with E-state index in [0.29, 0.717) is 11.5 Å². The molecule has 3 atom stereocenters. The normalized spacial score (nSPS) is 37.0. The minimum absolute atomic E-state index is 0.524. The first-order valence-electron chi connectivity index (χ1n) is 6.40. The molecule has 0 aromatic heterocycles. The number of rotatable bonds is 3. The monoisotopic (exact) mass is 211 g/mol. The third-order valence-corrected chi connectivity index (χ3v) is 4.58. The van der Waals surface area contributed by atoms with Crippen LogP contribution in [0, 0.1) is 17.3 Å². The summed E-state index contributed by atoms with van der Waals surface area (Å²) in [6.07, 6.45) is 5.44. The van der Waals surface area contributed by atoms with Gasteiger partial charge in [-0.3, -0.25) is 0 Å². The second-order valence-electron chi connectivity index (χ2n) is 5.93. The minimum Gasteiger partial charge on any atom is -0.381 e. The zero-order chi connectivity index (χ0) is 10.9. The molecule has 15 heavy (non-hydrogen) atoms. The van der Waals surface area contributed by atoms with Crippen molar-refractivity contribution in [3.8, 4) is 0 Å². The highest BCUT2D eigenvalue weighted by Gasteiger charge is 2.42. The topological polar surface area (TPSA) is 21.3 Å². The standard InChI is InChI=1S/C13H25NO/c1-13(2)7-4-5-11(13)12(14-3)10-6-8-15-9-10/h10-12,14H,4-9H2,1-3H3. The molecule has 0 radical (unpaired) electrons. The summed E-state index contributed by atoms with van der Waals surface area (Å²) in [6.45, 7) is 6.81. The van der Waals surface area contributed by atoms with Gasteiger partial charge in [0, 0.05) is 18.6 Å². The zero-order valence-corrected chi connectivity index (χ0v) is 10.4. The van der Waals surface area contributed by atoms with E-state index < -0.39 is 0 Å². The fourth-order valence-corrected chi connectivity index (χ4v) is 3.62. The van der Waals surface area contributed by atoms with Gasteiger partial charge in [-0.25, -0.2) is 0 Å². The van der Waals surface area contributed by atoms with Crippen molar-refractivity contribution in [3.05, 3.63) is 0 Å². The lowest BCUT2D eigenvalue weighted by Crippen LogP contribution is -2.44.